The molecule has 1 N–H and O–H groups in total. The van der Waals surface area contributed by atoms with Crippen molar-refractivity contribution in [1.29, 1.82) is 0 Å². The van der Waals surface area contributed by atoms with E-state index in [1.807, 2.05) is 11.4 Å². The summed E-state index contributed by atoms with van der Waals surface area (Å²) in [6, 6.07) is 1.97. The monoisotopic (exact) mass is 251 g/mol. The number of alkyl halides is 3. The van der Waals surface area contributed by atoms with Crippen LogP contribution in [0.4, 0.5) is 13.2 Å². The summed E-state index contributed by atoms with van der Waals surface area (Å²) in [5.74, 6) is 0. The fourth-order valence-electron chi connectivity index (χ4n) is 1.21. The zero-order valence-corrected chi connectivity index (χ0v) is 10.4. The van der Waals surface area contributed by atoms with Crippen LogP contribution < -0.4 is 5.32 Å². The maximum Gasteiger partial charge on any atom is 0.401 e. The Morgan fingerprint density at radius 3 is 2.31 bits per heavy atom. The first-order chi connectivity index (χ1) is 7.18. The number of thiophene rings is 1. The van der Waals surface area contributed by atoms with Gasteiger partial charge in [0.15, 0.2) is 0 Å². The average molecular weight is 251 g/mol. The summed E-state index contributed by atoms with van der Waals surface area (Å²) in [5, 5.41) is 4.29. The zero-order chi connectivity index (χ0) is 12.4. The van der Waals surface area contributed by atoms with Crippen LogP contribution in [0.3, 0.4) is 0 Å². The lowest BCUT2D eigenvalue weighted by Gasteiger charge is -2.15. The molecule has 16 heavy (non-hydrogen) atoms. The van der Waals surface area contributed by atoms with E-state index in [1.54, 1.807) is 11.3 Å². The van der Waals surface area contributed by atoms with Gasteiger partial charge in [-0.3, -0.25) is 0 Å². The van der Waals surface area contributed by atoms with Crippen LogP contribution in [0.1, 0.15) is 31.2 Å². The summed E-state index contributed by atoms with van der Waals surface area (Å²) < 4.78 is 35.7. The molecule has 0 bridgehead atoms. The first kappa shape index (κ1) is 13.5. The molecule has 0 unspecified atom stereocenters. The maximum atomic E-state index is 11.9. The third-order valence-electron chi connectivity index (χ3n) is 2.05. The van der Waals surface area contributed by atoms with Crippen LogP contribution >= 0.6 is 11.3 Å². The fourth-order valence-corrected chi connectivity index (χ4v) is 2.21. The Kier molecular flexibility index (Phi) is 4.02. The Labute approximate surface area is 97.7 Å². The zero-order valence-electron chi connectivity index (χ0n) is 9.61. The van der Waals surface area contributed by atoms with E-state index >= 15 is 0 Å². The first-order valence-electron chi connectivity index (χ1n) is 5.04. The summed E-state index contributed by atoms with van der Waals surface area (Å²) in [6.07, 6.45) is -4.14. The first-order valence-corrected chi connectivity index (χ1v) is 5.92. The van der Waals surface area contributed by atoms with E-state index < -0.39 is 12.7 Å². The molecular formula is C11H16F3NS. The van der Waals surface area contributed by atoms with Crippen LogP contribution in [-0.2, 0) is 12.0 Å². The molecule has 0 spiro atoms. The van der Waals surface area contributed by atoms with E-state index in [-0.39, 0.29) is 12.0 Å². The van der Waals surface area contributed by atoms with Gasteiger partial charge < -0.3 is 5.32 Å². The van der Waals surface area contributed by atoms with Crippen LogP contribution in [0.2, 0.25) is 0 Å². The second kappa shape index (κ2) is 4.75. The van der Waals surface area contributed by atoms with E-state index in [1.165, 1.54) is 4.88 Å². The standard InChI is InChI=1S/C11H16F3NS/c1-10(2,3)9-4-8(6-16-9)5-15-7-11(12,13)14/h4,6,15H,5,7H2,1-3H3. The van der Waals surface area contributed by atoms with Gasteiger partial charge in [0.1, 0.15) is 0 Å². The molecule has 0 atom stereocenters. The van der Waals surface area contributed by atoms with Crippen LogP contribution in [-0.4, -0.2) is 12.7 Å². The van der Waals surface area contributed by atoms with Crippen molar-refractivity contribution < 1.29 is 13.2 Å². The third kappa shape index (κ3) is 4.53. The van der Waals surface area contributed by atoms with Crippen LogP contribution in [0.5, 0.6) is 0 Å². The molecule has 0 amide bonds. The number of hydrogen-bond acceptors (Lipinski definition) is 2. The van der Waals surface area contributed by atoms with Crippen LogP contribution in [0.15, 0.2) is 11.4 Å². The van der Waals surface area contributed by atoms with Crippen molar-refractivity contribution >= 4 is 11.3 Å². The van der Waals surface area contributed by atoms with Gasteiger partial charge >= 0.3 is 6.18 Å². The van der Waals surface area contributed by atoms with E-state index in [9.17, 15) is 13.2 Å². The summed E-state index contributed by atoms with van der Waals surface area (Å²) in [5.41, 5.74) is 0.978. The maximum absolute atomic E-state index is 11.9. The molecule has 92 valence electrons. The lowest BCUT2D eigenvalue weighted by molar-refractivity contribution is -0.125. The molecule has 0 aliphatic heterocycles. The molecule has 5 heteroatoms. The van der Waals surface area contributed by atoms with Gasteiger partial charge in [0, 0.05) is 11.4 Å². The highest BCUT2D eigenvalue weighted by Crippen LogP contribution is 2.28. The van der Waals surface area contributed by atoms with Gasteiger partial charge in [0.2, 0.25) is 0 Å². The number of nitrogens with one attached hydrogen (secondary N) is 1. The molecule has 1 aromatic rings. The molecule has 0 aliphatic rings. The van der Waals surface area contributed by atoms with Gasteiger partial charge in [0.25, 0.3) is 0 Å². The molecule has 0 saturated carbocycles. The third-order valence-corrected chi connectivity index (χ3v) is 3.45. The van der Waals surface area contributed by atoms with Crippen molar-refractivity contribution in [2.75, 3.05) is 6.54 Å². The smallest absolute Gasteiger partial charge is 0.305 e. The SMILES string of the molecule is CC(C)(C)c1cc(CNCC(F)(F)F)cs1. The average Bonchev–Trinajstić information content (AvgIpc) is 2.49. The van der Waals surface area contributed by atoms with Crippen LogP contribution in [0.25, 0.3) is 0 Å². The second-order valence-corrected chi connectivity index (χ2v) is 5.70. The number of rotatable bonds is 3. The van der Waals surface area contributed by atoms with Gasteiger partial charge in [-0.25, -0.2) is 0 Å². The van der Waals surface area contributed by atoms with Crippen molar-refractivity contribution in [3.63, 3.8) is 0 Å². The summed E-state index contributed by atoms with van der Waals surface area (Å²) >= 11 is 1.59. The Bertz CT molecular complexity index is 336. The fraction of sp³-hybridized carbons (Fsp3) is 0.636. The van der Waals surface area contributed by atoms with Crippen molar-refractivity contribution in [1.82, 2.24) is 5.32 Å². The minimum Gasteiger partial charge on any atom is -0.305 e. The lowest BCUT2D eigenvalue weighted by atomic mass is 9.94. The molecule has 0 aromatic carbocycles. The predicted octanol–water partition coefficient (Wildman–Crippen LogP) is 3.70. The molecule has 0 fully saturated rings. The Morgan fingerprint density at radius 1 is 1.25 bits per heavy atom. The largest absolute Gasteiger partial charge is 0.401 e. The molecule has 0 radical (unpaired) electrons. The van der Waals surface area contributed by atoms with Crippen molar-refractivity contribution in [3.05, 3.63) is 21.9 Å². The lowest BCUT2D eigenvalue weighted by Crippen LogP contribution is -2.28. The van der Waals surface area contributed by atoms with Crippen molar-refractivity contribution in [2.45, 2.75) is 38.9 Å². The minimum absolute atomic E-state index is 0.0624. The molecular weight excluding hydrogens is 235 g/mol. The molecule has 1 nitrogen and oxygen atoms in total. The van der Waals surface area contributed by atoms with E-state index in [2.05, 4.69) is 26.1 Å². The molecule has 1 aromatic heterocycles. The van der Waals surface area contributed by atoms with Gasteiger partial charge in [-0.2, -0.15) is 13.2 Å². The quantitative estimate of drug-likeness (QED) is 0.863. The van der Waals surface area contributed by atoms with Gasteiger partial charge in [0.05, 0.1) is 6.54 Å². The highest BCUT2D eigenvalue weighted by molar-refractivity contribution is 7.10. The topological polar surface area (TPSA) is 12.0 Å². The summed E-state index contributed by atoms with van der Waals surface area (Å²) in [4.78, 5) is 1.19. The Morgan fingerprint density at radius 2 is 1.88 bits per heavy atom. The van der Waals surface area contributed by atoms with E-state index in [0.717, 1.165) is 5.56 Å². The number of halogens is 3. The summed E-state index contributed by atoms with van der Waals surface area (Å²) in [7, 11) is 0. The van der Waals surface area contributed by atoms with Crippen molar-refractivity contribution in [2.24, 2.45) is 0 Å². The second-order valence-electron chi connectivity index (χ2n) is 4.79. The van der Waals surface area contributed by atoms with E-state index in [0.29, 0.717) is 0 Å². The number of hydrogen-bond donors (Lipinski definition) is 1. The summed E-state index contributed by atoms with van der Waals surface area (Å²) in [6.45, 7) is 5.60. The van der Waals surface area contributed by atoms with Gasteiger partial charge in [-0.1, -0.05) is 20.8 Å². The normalized spacial score (nSPS) is 13.1. The Hall–Kier alpha value is -0.550. The van der Waals surface area contributed by atoms with Crippen molar-refractivity contribution in [3.8, 4) is 0 Å². The highest BCUT2D eigenvalue weighted by Gasteiger charge is 2.26. The van der Waals surface area contributed by atoms with E-state index in [4.69, 9.17) is 0 Å². The Balaban J connectivity index is 2.48. The molecule has 1 rings (SSSR count). The predicted molar refractivity (Wildman–Crippen MR) is 60.8 cm³/mol. The molecule has 0 aliphatic carbocycles. The van der Waals surface area contributed by atoms with Gasteiger partial charge in [-0.05, 0) is 22.4 Å². The molecule has 1 heterocycles. The highest BCUT2D eigenvalue weighted by atomic mass is 32.1. The van der Waals surface area contributed by atoms with Gasteiger partial charge in [-0.15, -0.1) is 11.3 Å². The minimum atomic E-state index is -4.14. The molecule has 0 saturated heterocycles. The van der Waals surface area contributed by atoms with Crippen LogP contribution in [0, 0.1) is 0 Å².